The molecule has 0 spiro atoms. The third kappa shape index (κ3) is 44.0. The molecule has 448 valence electrons. The zero-order chi connectivity index (χ0) is 55.2. The van der Waals surface area contributed by atoms with E-state index in [4.69, 9.17) is 14.2 Å². The first kappa shape index (κ1) is 72.2. The summed E-state index contributed by atoms with van der Waals surface area (Å²) in [5.41, 5.74) is 0. The molecule has 0 aromatic heterocycles. The maximum Gasteiger partial charge on any atom is 0.305 e. The molecule has 0 aliphatic carbocycles. The van der Waals surface area contributed by atoms with Gasteiger partial charge in [-0.05, 0) is 57.8 Å². The van der Waals surface area contributed by atoms with Crippen LogP contribution in [0.3, 0.4) is 0 Å². The van der Waals surface area contributed by atoms with E-state index in [1.165, 1.54) is 231 Å². The summed E-state index contributed by atoms with van der Waals surface area (Å²) in [6, 6.07) is -0.810. The monoisotopic (exact) mass is 1080 g/mol. The number of carbonyl (C=O) groups excluding carboxylic acids is 2. The van der Waals surface area contributed by atoms with Gasteiger partial charge in [-0.3, -0.25) is 9.59 Å². The van der Waals surface area contributed by atoms with Crippen molar-refractivity contribution < 1.29 is 49.3 Å². The Bertz CT molecular complexity index is 1310. The van der Waals surface area contributed by atoms with Gasteiger partial charge in [-0.2, -0.15) is 0 Å². The first-order valence-corrected chi connectivity index (χ1v) is 32.6. The summed E-state index contributed by atoms with van der Waals surface area (Å²) in [4.78, 5) is 25.1. The Hall–Kier alpha value is -1.86. The SMILES string of the molecule is CCCCCCCCC/C=C/C(O)C(COC1OC(CO)C(O)C(O)C1O)NC(=O)CCCCCCCCCCC/C=C\CCCCCCCCCCCCCCOC(=O)CCCCCCCCCCCCCCCC. The average molecular weight is 1080 g/mol. The van der Waals surface area contributed by atoms with E-state index in [0.29, 0.717) is 19.4 Å². The van der Waals surface area contributed by atoms with E-state index >= 15 is 0 Å². The van der Waals surface area contributed by atoms with E-state index in [9.17, 15) is 35.1 Å². The van der Waals surface area contributed by atoms with Crippen LogP contribution in [0, 0.1) is 0 Å². The zero-order valence-electron chi connectivity index (χ0n) is 49.5. The highest BCUT2D eigenvalue weighted by Crippen LogP contribution is 2.23. The van der Waals surface area contributed by atoms with Crippen molar-refractivity contribution >= 4 is 11.9 Å². The summed E-state index contributed by atoms with van der Waals surface area (Å²) in [5.74, 6) is -0.181. The van der Waals surface area contributed by atoms with Gasteiger partial charge in [0.1, 0.15) is 24.4 Å². The van der Waals surface area contributed by atoms with Crippen LogP contribution in [0.4, 0.5) is 0 Å². The van der Waals surface area contributed by atoms with Gasteiger partial charge in [-0.15, -0.1) is 0 Å². The van der Waals surface area contributed by atoms with Crippen molar-refractivity contribution in [3.8, 4) is 0 Å². The van der Waals surface area contributed by atoms with Crippen molar-refractivity contribution in [3.63, 3.8) is 0 Å². The molecule has 7 unspecified atom stereocenters. The van der Waals surface area contributed by atoms with Crippen LogP contribution in [0.1, 0.15) is 316 Å². The molecular weight excluding hydrogens is 955 g/mol. The normalized spacial score (nSPS) is 18.8. The summed E-state index contributed by atoms with van der Waals surface area (Å²) in [5, 5.41) is 54.2. The maximum absolute atomic E-state index is 13.0. The molecule has 0 radical (unpaired) electrons. The summed E-state index contributed by atoms with van der Waals surface area (Å²) < 4.78 is 16.7. The van der Waals surface area contributed by atoms with Crippen LogP contribution in [0.5, 0.6) is 0 Å². The van der Waals surface area contributed by atoms with Crippen molar-refractivity contribution in [2.24, 2.45) is 0 Å². The minimum absolute atomic E-state index is 0.00539. The molecule has 6 N–H and O–H groups in total. The number of aliphatic hydroxyl groups is 5. The molecule has 1 fully saturated rings. The molecule has 11 nitrogen and oxygen atoms in total. The van der Waals surface area contributed by atoms with E-state index in [-0.39, 0.29) is 18.5 Å². The topological polar surface area (TPSA) is 175 Å². The molecule has 0 aromatic carbocycles. The molecule has 1 rings (SSSR count). The van der Waals surface area contributed by atoms with Gasteiger partial charge in [0.05, 0.1) is 32.0 Å². The van der Waals surface area contributed by atoms with Gasteiger partial charge in [0.25, 0.3) is 0 Å². The van der Waals surface area contributed by atoms with Crippen LogP contribution >= 0.6 is 0 Å². The highest BCUT2D eigenvalue weighted by atomic mass is 16.7. The number of amides is 1. The molecule has 1 heterocycles. The van der Waals surface area contributed by atoms with Gasteiger partial charge in [-0.25, -0.2) is 0 Å². The van der Waals surface area contributed by atoms with Crippen molar-refractivity contribution in [1.82, 2.24) is 5.32 Å². The summed E-state index contributed by atoms with van der Waals surface area (Å²) in [7, 11) is 0. The third-order valence-corrected chi connectivity index (χ3v) is 15.6. The smallest absolute Gasteiger partial charge is 0.305 e. The Morgan fingerprint density at radius 2 is 0.842 bits per heavy atom. The number of carbonyl (C=O) groups is 2. The lowest BCUT2D eigenvalue weighted by Crippen LogP contribution is -2.60. The van der Waals surface area contributed by atoms with Crippen LogP contribution < -0.4 is 5.32 Å². The Kier molecular flexibility index (Phi) is 52.3. The number of rotatable bonds is 57. The number of nitrogens with one attached hydrogen (secondary N) is 1. The lowest BCUT2D eigenvalue weighted by Gasteiger charge is -2.40. The summed E-state index contributed by atoms with van der Waals surface area (Å²) in [6.45, 7) is 4.33. The Morgan fingerprint density at radius 3 is 1.26 bits per heavy atom. The fraction of sp³-hybridized carbons (Fsp3) is 0.908. The quantitative estimate of drug-likeness (QED) is 0.0195. The van der Waals surface area contributed by atoms with Gasteiger partial charge in [0.15, 0.2) is 6.29 Å². The molecule has 11 heteroatoms. The van der Waals surface area contributed by atoms with Gasteiger partial charge in [0.2, 0.25) is 5.91 Å². The zero-order valence-corrected chi connectivity index (χ0v) is 49.5. The predicted octanol–water partition coefficient (Wildman–Crippen LogP) is 15.7. The largest absolute Gasteiger partial charge is 0.466 e. The standard InChI is InChI=1S/C65H123NO10/c1-3-5-7-9-11-13-14-15-30-33-37-41-45-49-53-61(70)74-54-50-46-42-38-34-31-28-26-24-22-20-18-16-17-19-21-23-25-27-29-32-36-40-44-48-52-60(69)66-57(58(68)51-47-43-39-35-12-10-8-6-4-2)56-75-65-64(73)63(72)62(71)59(55-67)76-65/h17,19,47,51,57-59,62-65,67-68,71-73H,3-16,18,20-46,48-50,52-56H2,1-2H3,(H,66,69)/b19-17-,51-47+. The van der Waals surface area contributed by atoms with E-state index in [1.807, 2.05) is 6.08 Å². The number of unbranched alkanes of at least 4 members (excludes halogenated alkanes) is 41. The van der Waals surface area contributed by atoms with Crippen LogP contribution in [-0.4, -0.2) is 100 Å². The number of hydrogen-bond acceptors (Lipinski definition) is 10. The number of esters is 1. The second kappa shape index (κ2) is 55.1. The van der Waals surface area contributed by atoms with Crippen LogP contribution in [0.15, 0.2) is 24.3 Å². The van der Waals surface area contributed by atoms with Gasteiger partial charge in [0, 0.05) is 12.8 Å². The van der Waals surface area contributed by atoms with Crippen molar-refractivity contribution in [3.05, 3.63) is 24.3 Å². The minimum atomic E-state index is -1.57. The predicted molar refractivity (Wildman–Crippen MR) is 315 cm³/mol. The summed E-state index contributed by atoms with van der Waals surface area (Å²) in [6.07, 6.45) is 57.3. The Labute approximate surface area is 467 Å². The molecule has 0 bridgehead atoms. The number of allylic oxidation sites excluding steroid dienone is 3. The van der Waals surface area contributed by atoms with Crippen LogP contribution in [-0.2, 0) is 23.8 Å². The molecular formula is C65H123NO10. The van der Waals surface area contributed by atoms with Gasteiger partial charge < -0.3 is 45.1 Å². The van der Waals surface area contributed by atoms with E-state index < -0.39 is 49.5 Å². The number of aliphatic hydroxyl groups excluding tert-OH is 5. The lowest BCUT2D eigenvalue weighted by atomic mass is 9.99. The highest BCUT2D eigenvalue weighted by Gasteiger charge is 2.44. The van der Waals surface area contributed by atoms with Gasteiger partial charge in [-0.1, -0.05) is 269 Å². The van der Waals surface area contributed by atoms with Crippen LogP contribution in [0.2, 0.25) is 0 Å². The highest BCUT2D eigenvalue weighted by molar-refractivity contribution is 5.76. The van der Waals surface area contributed by atoms with Crippen molar-refractivity contribution in [2.45, 2.75) is 358 Å². The van der Waals surface area contributed by atoms with Crippen LogP contribution in [0.25, 0.3) is 0 Å². The van der Waals surface area contributed by atoms with E-state index in [2.05, 4.69) is 31.3 Å². The third-order valence-electron chi connectivity index (χ3n) is 15.6. The fourth-order valence-corrected chi connectivity index (χ4v) is 10.4. The Morgan fingerprint density at radius 1 is 0.474 bits per heavy atom. The molecule has 7 atom stereocenters. The van der Waals surface area contributed by atoms with E-state index in [1.54, 1.807) is 6.08 Å². The molecule has 76 heavy (non-hydrogen) atoms. The molecule has 1 aliphatic rings. The van der Waals surface area contributed by atoms with Crippen molar-refractivity contribution in [1.29, 1.82) is 0 Å². The Balaban J connectivity index is 1.96. The lowest BCUT2D eigenvalue weighted by molar-refractivity contribution is -0.302. The molecule has 1 amide bonds. The molecule has 0 aromatic rings. The number of ether oxygens (including phenoxy) is 3. The van der Waals surface area contributed by atoms with E-state index in [0.717, 1.165) is 57.8 Å². The average Bonchev–Trinajstić information content (AvgIpc) is 3.42. The van der Waals surface area contributed by atoms with Gasteiger partial charge >= 0.3 is 5.97 Å². The second-order valence-corrected chi connectivity index (χ2v) is 22.8. The molecule has 1 aliphatic heterocycles. The number of hydrogen-bond donors (Lipinski definition) is 6. The minimum Gasteiger partial charge on any atom is -0.466 e. The maximum atomic E-state index is 13.0. The first-order chi connectivity index (χ1) is 37.2. The summed E-state index contributed by atoms with van der Waals surface area (Å²) >= 11 is 0. The molecule has 1 saturated heterocycles. The van der Waals surface area contributed by atoms with Crippen molar-refractivity contribution in [2.75, 3.05) is 19.8 Å². The first-order valence-electron chi connectivity index (χ1n) is 32.6. The molecule has 0 saturated carbocycles. The fourth-order valence-electron chi connectivity index (χ4n) is 10.4. The second-order valence-electron chi connectivity index (χ2n) is 22.8.